The molecule has 0 saturated heterocycles. The highest BCUT2D eigenvalue weighted by Gasteiger charge is 2.01. The number of nitriles is 1. The lowest BCUT2D eigenvalue weighted by Crippen LogP contribution is -2.19. The summed E-state index contributed by atoms with van der Waals surface area (Å²) in [6.07, 6.45) is 0.633. The van der Waals surface area contributed by atoms with Crippen LogP contribution in [0.25, 0.3) is 0 Å². The van der Waals surface area contributed by atoms with Crippen LogP contribution in [0.2, 0.25) is 0 Å². The molecule has 0 heterocycles. The van der Waals surface area contributed by atoms with E-state index in [0.29, 0.717) is 6.42 Å². The quantitative estimate of drug-likeness (QED) is 0.768. The van der Waals surface area contributed by atoms with Crippen molar-refractivity contribution in [2.24, 2.45) is 5.73 Å². The molecule has 2 N–H and O–H groups in total. The van der Waals surface area contributed by atoms with E-state index in [0.717, 1.165) is 11.3 Å². The minimum atomic E-state index is -0.389. The Morgan fingerprint density at radius 1 is 1.43 bits per heavy atom. The summed E-state index contributed by atoms with van der Waals surface area (Å²) < 4.78 is 0. The van der Waals surface area contributed by atoms with Crippen molar-refractivity contribution < 1.29 is 0 Å². The van der Waals surface area contributed by atoms with Gasteiger partial charge in [0.2, 0.25) is 0 Å². The van der Waals surface area contributed by atoms with E-state index < -0.39 is 0 Å². The highest BCUT2D eigenvalue weighted by Crippen LogP contribution is 2.17. The summed E-state index contributed by atoms with van der Waals surface area (Å²) >= 11 is 1.81. The molecule has 0 bridgehead atoms. The third-order valence-electron chi connectivity index (χ3n) is 1.86. The Labute approximate surface area is 89.1 Å². The second kappa shape index (κ2) is 5.69. The summed E-state index contributed by atoms with van der Waals surface area (Å²) in [5.74, 6) is 1.08. The minimum Gasteiger partial charge on any atom is -0.316 e. The largest absolute Gasteiger partial charge is 0.316 e. The molecule has 0 spiro atoms. The molecule has 0 fully saturated rings. The minimum absolute atomic E-state index is 0.389. The average Bonchev–Trinajstić information content (AvgIpc) is 2.21. The lowest BCUT2D eigenvalue weighted by atomic mass is 10.1. The monoisotopic (exact) mass is 206 g/mol. The fraction of sp³-hybridized carbons (Fsp3) is 0.364. The zero-order valence-electron chi connectivity index (χ0n) is 8.23. The average molecular weight is 206 g/mol. The maximum Gasteiger partial charge on any atom is 0.0968 e. The van der Waals surface area contributed by atoms with E-state index in [1.165, 1.54) is 4.90 Å². The van der Waals surface area contributed by atoms with Gasteiger partial charge in [-0.05, 0) is 23.4 Å². The first-order chi connectivity index (χ1) is 6.76. The van der Waals surface area contributed by atoms with Crippen molar-refractivity contribution in [2.75, 3.05) is 5.75 Å². The number of nitrogens with two attached hydrogens (primary N) is 1. The van der Waals surface area contributed by atoms with Gasteiger partial charge < -0.3 is 5.73 Å². The van der Waals surface area contributed by atoms with Crippen LogP contribution in [0.4, 0.5) is 0 Å². The summed E-state index contributed by atoms with van der Waals surface area (Å²) in [5.41, 5.74) is 6.66. The van der Waals surface area contributed by atoms with E-state index in [2.05, 4.69) is 19.1 Å². The van der Waals surface area contributed by atoms with Crippen LogP contribution in [0.5, 0.6) is 0 Å². The maximum atomic E-state index is 8.56. The molecule has 1 aromatic rings. The lowest BCUT2D eigenvalue weighted by molar-refractivity contribution is 0.822. The summed E-state index contributed by atoms with van der Waals surface area (Å²) in [4.78, 5) is 1.27. The number of rotatable bonds is 4. The fourth-order valence-electron chi connectivity index (χ4n) is 1.19. The SMILES string of the molecule is CCSc1ccc(CC(N)C#N)cc1. The van der Waals surface area contributed by atoms with Crippen molar-refractivity contribution in [1.82, 2.24) is 0 Å². The molecule has 0 saturated carbocycles. The normalized spacial score (nSPS) is 12.1. The van der Waals surface area contributed by atoms with Gasteiger partial charge in [0.25, 0.3) is 0 Å². The molecular formula is C11H14N2S. The molecule has 0 aliphatic rings. The fourth-order valence-corrected chi connectivity index (χ4v) is 1.85. The maximum absolute atomic E-state index is 8.56. The third kappa shape index (κ3) is 3.41. The van der Waals surface area contributed by atoms with Gasteiger partial charge in [0, 0.05) is 11.3 Å². The van der Waals surface area contributed by atoms with E-state index in [1.54, 1.807) is 0 Å². The lowest BCUT2D eigenvalue weighted by Gasteiger charge is -2.04. The van der Waals surface area contributed by atoms with Crippen LogP contribution in [0.1, 0.15) is 12.5 Å². The molecule has 0 radical (unpaired) electrons. The smallest absolute Gasteiger partial charge is 0.0968 e. The van der Waals surface area contributed by atoms with E-state index in [4.69, 9.17) is 11.0 Å². The van der Waals surface area contributed by atoms with E-state index in [-0.39, 0.29) is 6.04 Å². The second-order valence-corrected chi connectivity index (χ2v) is 4.35. The zero-order chi connectivity index (χ0) is 10.4. The molecular weight excluding hydrogens is 192 g/mol. The van der Waals surface area contributed by atoms with Crippen LogP contribution in [0.15, 0.2) is 29.2 Å². The highest BCUT2D eigenvalue weighted by atomic mass is 32.2. The van der Waals surface area contributed by atoms with Crippen molar-refractivity contribution >= 4 is 11.8 Å². The van der Waals surface area contributed by atoms with E-state index in [1.807, 2.05) is 30.0 Å². The third-order valence-corrected chi connectivity index (χ3v) is 2.75. The van der Waals surface area contributed by atoms with E-state index >= 15 is 0 Å². The summed E-state index contributed by atoms with van der Waals surface area (Å²) in [5, 5.41) is 8.56. The molecule has 2 nitrogen and oxygen atoms in total. The van der Waals surface area contributed by atoms with Crippen LogP contribution < -0.4 is 5.73 Å². The Bertz CT molecular complexity index is 313. The Hall–Kier alpha value is -0.980. The standard InChI is InChI=1S/C11H14N2S/c1-2-14-11-5-3-9(4-6-11)7-10(13)8-12/h3-6,10H,2,7,13H2,1H3. The first-order valence-electron chi connectivity index (χ1n) is 4.63. The predicted molar refractivity (Wildman–Crippen MR) is 60.1 cm³/mol. The van der Waals surface area contributed by atoms with Gasteiger partial charge >= 0.3 is 0 Å². The van der Waals surface area contributed by atoms with Gasteiger partial charge in [-0.3, -0.25) is 0 Å². The first-order valence-corrected chi connectivity index (χ1v) is 5.61. The summed E-state index contributed by atoms with van der Waals surface area (Å²) in [6, 6.07) is 9.86. The van der Waals surface area contributed by atoms with Crippen molar-refractivity contribution in [2.45, 2.75) is 24.3 Å². The Morgan fingerprint density at radius 2 is 2.07 bits per heavy atom. The van der Waals surface area contributed by atoms with Crippen molar-refractivity contribution in [3.63, 3.8) is 0 Å². The molecule has 1 aromatic carbocycles. The molecule has 74 valence electrons. The molecule has 0 aliphatic carbocycles. The molecule has 1 atom stereocenters. The zero-order valence-corrected chi connectivity index (χ0v) is 9.05. The molecule has 3 heteroatoms. The first kappa shape index (κ1) is 11.1. The highest BCUT2D eigenvalue weighted by molar-refractivity contribution is 7.99. The van der Waals surface area contributed by atoms with Gasteiger partial charge in [-0.25, -0.2) is 0 Å². The van der Waals surface area contributed by atoms with Gasteiger partial charge in [0.05, 0.1) is 12.1 Å². The van der Waals surface area contributed by atoms with Crippen molar-refractivity contribution in [1.29, 1.82) is 5.26 Å². The second-order valence-electron chi connectivity index (χ2n) is 3.02. The Balaban J connectivity index is 2.60. The van der Waals surface area contributed by atoms with Crippen LogP contribution >= 0.6 is 11.8 Å². The topological polar surface area (TPSA) is 49.8 Å². The summed E-state index contributed by atoms with van der Waals surface area (Å²) in [7, 11) is 0. The number of benzene rings is 1. The predicted octanol–water partition coefficient (Wildman–Crippen LogP) is 2.19. The van der Waals surface area contributed by atoms with E-state index in [9.17, 15) is 0 Å². The Kier molecular flexibility index (Phi) is 4.51. The molecule has 1 unspecified atom stereocenters. The Morgan fingerprint density at radius 3 is 2.57 bits per heavy atom. The van der Waals surface area contributed by atoms with Gasteiger partial charge in [0.1, 0.15) is 0 Å². The number of hydrogen-bond acceptors (Lipinski definition) is 3. The van der Waals surface area contributed by atoms with Gasteiger partial charge in [0.15, 0.2) is 0 Å². The van der Waals surface area contributed by atoms with Crippen molar-refractivity contribution in [3.8, 4) is 6.07 Å². The number of thioether (sulfide) groups is 1. The molecule has 0 aliphatic heterocycles. The molecule has 14 heavy (non-hydrogen) atoms. The van der Waals surface area contributed by atoms with Crippen molar-refractivity contribution in [3.05, 3.63) is 29.8 Å². The summed E-state index contributed by atoms with van der Waals surface area (Å²) in [6.45, 7) is 2.13. The van der Waals surface area contributed by atoms with Gasteiger partial charge in [-0.1, -0.05) is 19.1 Å². The number of nitrogens with zero attached hydrogens (tertiary/aromatic N) is 1. The van der Waals surface area contributed by atoms with Gasteiger partial charge in [-0.15, -0.1) is 11.8 Å². The van der Waals surface area contributed by atoms with Crippen LogP contribution in [-0.4, -0.2) is 11.8 Å². The molecule has 1 rings (SSSR count). The number of hydrogen-bond donors (Lipinski definition) is 1. The van der Waals surface area contributed by atoms with Crippen LogP contribution in [-0.2, 0) is 6.42 Å². The molecule has 0 amide bonds. The van der Waals surface area contributed by atoms with Crippen LogP contribution in [0.3, 0.4) is 0 Å². The van der Waals surface area contributed by atoms with Gasteiger partial charge in [-0.2, -0.15) is 5.26 Å². The molecule has 0 aromatic heterocycles. The van der Waals surface area contributed by atoms with Crippen LogP contribution in [0, 0.1) is 11.3 Å².